The molecule has 0 spiro atoms. The van der Waals surface area contributed by atoms with Crippen LogP contribution in [-0.2, 0) is 23.9 Å². The molecule has 0 aromatic rings. The summed E-state index contributed by atoms with van der Waals surface area (Å²) >= 11 is 0. The van der Waals surface area contributed by atoms with Gasteiger partial charge in [0.15, 0.2) is 0 Å². The summed E-state index contributed by atoms with van der Waals surface area (Å²) in [5.41, 5.74) is 0. The van der Waals surface area contributed by atoms with Crippen molar-refractivity contribution in [3.8, 4) is 0 Å². The van der Waals surface area contributed by atoms with Crippen molar-refractivity contribution in [2.45, 2.75) is 45.3 Å². The van der Waals surface area contributed by atoms with Gasteiger partial charge >= 0.3 is 11.9 Å². The Morgan fingerprint density at radius 2 is 1.75 bits per heavy atom. The van der Waals surface area contributed by atoms with Crippen molar-refractivity contribution in [2.75, 3.05) is 14.2 Å². The van der Waals surface area contributed by atoms with Gasteiger partial charge in [-0.15, -0.1) is 0 Å². The van der Waals surface area contributed by atoms with Crippen LogP contribution in [-0.4, -0.2) is 49.3 Å². The Morgan fingerprint density at radius 3 is 2.20 bits per heavy atom. The highest BCUT2D eigenvalue weighted by molar-refractivity contribution is 5.87. The standard InChI is InChI=1S/C13H23NO6/c1-8(2)7-10(15)12(17)14-9(13(18)20-4)5-6-11(16)19-3/h8-10,15H,5-7H2,1-4H3,(H,14,17)/t9-,10-/m0/s1. The number of rotatable bonds is 8. The zero-order chi connectivity index (χ0) is 15.7. The lowest BCUT2D eigenvalue weighted by Crippen LogP contribution is -2.46. The molecule has 0 saturated heterocycles. The van der Waals surface area contributed by atoms with Crippen molar-refractivity contribution in [3.05, 3.63) is 0 Å². The molecule has 2 N–H and O–H groups in total. The quantitative estimate of drug-likeness (QED) is 0.610. The molecule has 1 amide bonds. The molecule has 0 rings (SSSR count). The number of methoxy groups -OCH3 is 2. The Balaban J connectivity index is 4.52. The van der Waals surface area contributed by atoms with Crippen molar-refractivity contribution in [1.29, 1.82) is 0 Å². The molecule has 0 aromatic carbocycles. The van der Waals surface area contributed by atoms with Crippen LogP contribution in [0.15, 0.2) is 0 Å². The fourth-order valence-electron chi connectivity index (χ4n) is 1.58. The van der Waals surface area contributed by atoms with Gasteiger partial charge in [-0.05, 0) is 18.8 Å². The lowest BCUT2D eigenvalue weighted by molar-refractivity contribution is -0.147. The fourth-order valence-corrected chi connectivity index (χ4v) is 1.58. The van der Waals surface area contributed by atoms with Crippen LogP contribution in [0.4, 0.5) is 0 Å². The van der Waals surface area contributed by atoms with Crippen molar-refractivity contribution in [3.63, 3.8) is 0 Å². The summed E-state index contributed by atoms with van der Waals surface area (Å²) < 4.78 is 9.02. The Hall–Kier alpha value is -1.63. The third kappa shape index (κ3) is 7.08. The van der Waals surface area contributed by atoms with Crippen LogP contribution < -0.4 is 5.32 Å². The van der Waals surface area contributed by atoms with E-state index in [1.165, 1.54) is 14.2 Å². The van der Waals surface area contributed by atoms with Crippen LogP contribution in [0.25, 0.3) is 0 Å². The average molecular weight is 289 g/mol. The minimum absolute atomic E-state index is 0.0309. The smallest absolute Gasteiger partial charge is 0.328 e. The van der Waals surface area contributed by atoms with E-state index in [1.807, 2.05) is 13.8 Å². The first kappa shape index (κ1) is 18.4. The largest absolute Gasteiger partial charge is 0.469 e. The zero-order valence-corrected chi connectivity index (χ0v) is 12.3. The van der Waals surface area contributed by atoms with E-state index >= 15 is 0 Å². The summed E-state index contributed by atoms with van der Waals surface area (Å²) in [6.45, 7) is 3.73. The van der Waals surface area contributed by atoms with Gasteiger partial charge < -0.3 is 19.9 Å². The molecule has 0 aliphatic carbocycles. The summed E-state index contributed by atoms with van der Waals surface area (Å²) in [4.78, 5) is 34.3. The molecule has 2 atom stereocenters. The molecule has 0 bridgehead atoms. The summed E-state index contributed by atoms with van der Waals surface area (Å²) in [5.74, 6) is -1.67. The van der Waals surface area contributed by atoms with Crippen molar-refractivity contribution in [1.82, 2.24) is 5.32 Å². The van der Waals surface area contributed by atoms with Crippen LogP contribution in [0.2, 0.25) is 0 Å². The minimum atomic E-state index is -1.19. The number of esters is 2. The van der Waals surface area contributed by atoms with Gasteiger partial charge in [0.1, 0.15) is 12.1 Å². The van der Waals surface area contributed by atoms with Crippen molar-refractivity contribution >= 4 is 17.8 Å². The van der Waals surface area contributed by atoms with Gasteiger partial charge in [0.2, 0.25) is 5.91 Å². The van der Waals surface area contributed by atoms with E-state index in [4.69, 9.17) is 0 Å². The van der Waals surface area contributed by atoms with E-state index in [1.54, 1.807) is 0 Å². The Morgan fingerprint density at radius 1 is 1.15 bits per heavy atom. The molecule has 0 fully saturated rings. The van der Waals surface area contributed by atoms with E-state index in [9.17, 15) is 19.5 Å². The lowest BCUT2D eigenvalue weighted by Gasteiger charge is -2.19. The molecule has 0 unspecified atom stereocenters. The topological polar surface area (TPSA) is 102 Å². The van der Waals surface area contributed by atoms with Gasteiger partial charge in [-0.2, -0.15) is 0 Å². The molecule has 0 aliphatic heterocycles. The molecule has 0 heterocycles. The first-order valence-electron chi connectivity index (χ1n) is 6.44. The van der Waals surface area contributed by atoms with Gasteiger partial charge in [-0.25, -0.2) is 4.79 Å². The van der Waals surface area contributed by atoms with Gasteiger partial charge in [0.25, 0.3) is 0 Å². The van der Waals surface area contributed by atoms with Crippen molar-refractivity contribution in [2.24, 2.45) is 5.92 Å². The number of ether oxygens (including phenoxy) is 2. The highest BCUT2D eigenvalue weighted by Crippen LogP contribution is 2.07. The minimum Gasteiger partial charge on any atom is -0.469 e. The summed E-state index contributed by atoms with van der Waals surface area (Å²) in [6, 6.07) is -0.978. The second-order valence-corrected chi connectivity index (χ2v) is 4.84. The third-order valence-electron chi connectivity index (χ3n) is 2.66. The SMILES string of the molecule is COC(=O)CC[C@H](NC(=O)[C@@H](O)CC(C)C)C(=O)OC. The van der Waals surface area contributed by atoms with E-state index < -0.39 is 30.0 Å². The molecule has 20 heavy (non-hydrogen) atoms. The normalized spacial score (nSPS) is 13.5. The number of aliphatic hydroxyl groups is 1. The zero-order valence-electron chi connectivity index (χ0n) is 12.3. The molecule has 116 valence electrons. The van der Waals surface area contributed by atoms with Crippen LogP contribution >= 0.6 is 0 Å². The van der Waals surface area contributed by atoms with Crippen molar-refractivity contribution < 1.29 is 29.0 Å². The monoisotopic (exact) mass is 289 g/mol. The molecular weight excluding hydrogens is 266 g/mol. The highest BCUT2D eigenvalue weighted by Gasteiger charge is 2.26. The number of carbonyl (C=O) groups excluding carboxylic acids is 3. The number of aliphatic hydroxyl groups excluding tert-OH is 1. The molecule has 7 heteroatoms. The van der Waals surface area contributed by atoms with Crippen LogP contribution in [0, 0.1) is 5.92 Å². The predicted molar refractivity (Wildman–Crippen MR) is 70.7 cm³/mol. The van der Waals surface area contributed by atoms with Gasteiger partial charge in [-0.3, -0.25) is 9.59 Å². The first-order valence-corrected chi connectivity index (χ1v) is 6.44. The molecule has 0 saturated carbocycles. The maximum Gasteiger partial charge on any atom is 0.328 e. The number of hydrogen-bond acceptors (Lipinski definition) is 6. The average Bonchev–Trinajstić information content (AvgIpc) is 2.40. The molecule has 7 nitrogen and oxygen atoms in total. The molecule has 0 aromatic heterocycles. The third-order valence-corrected chi connectivity index (χ3v) is 2.66. The first-order chi connectivity index (χ1) is 9.31. The molecule has 0 radical (unpaired) electrons. The van der Waals surface area contributed by atoms with E-state index in [0.717, 1.165) is 0 Å². The number of carbonyl (C=O) groups is 3. The van der Waals surface area contributed by atoms with E-state index in [0.29, 0.717) is 0 Å². The van der Waals surface area contributed by atoms with Gasteiger partial charge in [-0.1, -0.05) is 13.8 Å². The van der Waals surface area contributed by atoms with Crippen LogP contribution in [0.1, 0.15) is 33.1 Å². The van der Waals surface area contributed by atoms with Crippen LogP contribution in [0.5, 0.6) is 0 Å². The Bertz CT molecular complexity index is 342. The number of amides is 1. The predicted octanol–water partition coefficient (Wildman–Crippen LogP) is 0.00440. The van der Waals surface area contributed by atoms with Crippen LogP contribution in [0.3, 0.4) is 0 Å². The Labute approximate surface area is 118 Å². The molecular formula is C13H23NO6. The van der Waals surface area contributed by atoms with Gasteiger partial charge in [0.05, 0.1) is 14.2 Å². The summed E-state index contributed by atoms with van der Waals surface area (Å²) in [7, 11) is 2.42. The second-order valence-electron chi connectivity index (χ2n) is 4.84. The highest BCUT2D eigenvalue weighted by atomic mass is 16.5. The maximum absolute atomic E-state index is 11.7. The van der Waals surface area contributed by atoms with E-state index in [2.05, 4.69) is 14.8 Å². The second kappa shape index (κ2) is 9.30. The van der Waals surface area contributed by atoms with Gasteiger partial charge in [0, 0.05) is 6.42 Å². The maximum atomic E-state index is 11.7. The van der Waals surface area contributed by atoms with E-state index in [-0.39, 0.29) is 25.2 Å². The summed E-state index contributed by atoms with van der Waals surface area (Å²) in [5, 5.41) is 12.0. The summed E-state index contributed by atoms with van der Waals surface area (Å²) in [6.07, 6.45) is -0.882. The Kier molecular flexibility index (Phi) is 8.54. The fraction of sp³-hybridized carbons (Fsp3) is 0.769. The molecule has 0 aliphatic rings. The lowest BCUT2D eigenvalue weighted by atomic mass is 10.0. The number of hydrogen-bond donors (Lipinski definition) is 2. The number of nitrogens with one attached hydrogen (secondary N) is 1.